The Balaban J connectivity index is -0.000000382. The molecule has 0 aromatic carbocycles. The summed E-state index contributed by atoms with van der Waals surface area (Å²) in [5, 5.41) is 37.8. The molecule has 2 unspecified atom stereocenters. The monoisotopic (exact) mass is 354 g/mol. The quantitative estimate of drug-likeness (QED) is 0.188. The van der Waals surface area contributed by atoms with Crippen LogP contribution in [0.15, 0.2) is 24.3 Å². The minimum absolute atomic E-state index is 0. The van der Waals surface area contributed by atoms with Gasteiger partial charge in [-0.15, -0.1) is 0 Å². The number of carboxylic acid groups (broad SMARTS) is 1. The van der Waals surface area contributed by atoms with E-state index in [0.717, 1.165) is 31.8 Å². The normalized spacial score (nSPS) is 14.7. The Bertz CT molecular complexity index is 331. The second-order valence-corrected chi connectivity index (χ2v) is 5.17. The molecule has 130 valence electrons. The zero-order chi connectivity index (χ0) is 17.4. The van der Waals surface area contributed by atoms with Crippen LogP contribution in [0, 0.1) is 0 Å². The van der Waals surface area contributed by atoms with E-state index in [9.17, 15) is 20.1 Å². The van der Waals surface area contributed by atoms with Crippen LogP contribution in [0.2, 0.25) is 0 Å². The van der Waals surface area contributed by atoms with Crippen LogP contribution in [0.25, 0.3) is 0 Å². The number of unbranched alkanes of at least 4 members (excludes halogenated alkanes) is 3. The fraction of sp³-hybridized carbons (Fsp3) is 0.706. The Morgan fingerprint density at radius 1 is 1.22 bits per heavy atom. The molecule has 0 amide bonds. The first kappa shape index (κ1) is 28.3. The van der Waals surface area contributed by atoms with Gasteiger partial charge >= 0.3 is 51.4 Å². The number of allylic oxidation sites excluding steroid dienone is 3. The van der Waals surface area contributed by atoms with Crippen LogP contribution >= 0.6 is 0 Å². The van der Waals surface area contributed by atoms with Gasteiger partial charge in [-0.05, 0) is 25.8 Å². The van der Waals surface area contributed by atoms with Gasteiger partial charge in [-0.3, -0.25) is 0 Å². The summed E-state index contributed by atoms with van der Waals surface area (Å²) >= 11 is 0. The largest absolute Gasteiger partial charge is 1.00 e. The molecule has 0 rings (SSSR count). The Kier molecular flexibility index (Phi) is 23.1. The van der Waals surface area contributed by atoms with Crippen molar-refractivity contribution < 1.29 is 76.6 Å². The van der Waals surface area contributed by atoms with Crippen LogP contribution in [0.5, 0.6) is 0 Å². The summed E-state index contributed by atoms with van der Waals surface area (Å²) in [5.74, 6) is -1.16. The Morgan fingerprint density at radius 2 is 1.83 bits per heavy atom. The van der Waals surface area contributed by atoms with Gasteiger partial charge in [0.1, 0.15) is 6.10 Å². The number of aliphatic hydroxyl groups is 3. The van der Waals surface area contributed by atoms with Crippen LogP contribution in [0.1, 0.15) is 59.3 Å². The van der Waals surface area contributed by atoms with Crippen molar-refractivity contribution in [1.29, 1.82) is 0 Å². The van der Waals surface area contributed by atoms with E-state index >= 15 is 0 Å². The molecule has 0 fully saturated rings. The maximum Gasteiger partial charge on any atom is 1.00 e. The predicted molar refractivity (Wildman–Crippen MR) is 86.1 cm³/mol. The first-order chi connectivity index (χ1) is 10.4. The SMILES string of the molecule is CC=CC=CC(=O)[O-].CCCCCCC(O)(CC)C(O)CO.[K+]. The molecule has 6 heteroatoms. The van der Waals surface area contributed by atoms with Gasteiger partial charge in [-0.1, -0.05) is 57.8 Å². The number of carbonyl (C=O) groups is 1. The van der Waals surface area contributed by atoms with E-state index in [1.54, 1.807) is 19.1 Å². The summed E-state index contributed by atoms with van der Waals surface area (Å²) in [6, 6.07) is 0. The molecule has 23 heavy (non-hydrogen) atoms. The summed E-state index contributed by atoms with van der Waals surface area (Å²) in [5.41, 5.74) is -1.09. The van der Waals surface area contributed by atoms with Crippen molar-refractivity contribution in [2.75, 3.05) is 6.61 Å². The predicted octanol–water partition coefficient (Wildman–Crippen LogP) is -1.68. The van der Waals surface area contributed by atoms with E-state index in [2.05, 4.69) is 6.92 Å². The third-order valence-electron chi connectivity index (χ3n) is 3.40. The van der Waals surface area contributed by atoms with Crippen LogP contribution in [0.4, 0.5) is 0 Å². The first-order valence-corrected chi connectivity index (χ1v) is 7.89. The molecule has 0 saturated heterocycles. The van der Waals surface area contributed by atoms with Gasteiger partial charge in [0.25, 0.3) is 0 Å². The standard InChI is InChI=1S/C11H24O3.C6H8O2.K/c1-3-5-6-7-8-11(14,4-2)10(13)9-12;1-2-3-4-5-6(7)8;/h10,12-14H,3-9H2,1-2H3;2-5H,1H3,(H,7,8);/q;;+1/p-1. The van der Waals surface area contributed by atoms with Gasteiger partial charge < -0.3 is 25.2 Å². The molecule has 0 aliphatic heterocycles. The van der Waals surface area contributed by atoms with E-state index < -0.39 is 17.7 Å². The van der Waals surface area contributed by atoms with E-state index in [1.807, 2.05) is 6.92 Å². The molecule has 0 aliphatic carbocycles. The summed E-state index contributed by atoms with van der Waals surface area (Å²) in [6.45, 7) is 5.41. The molecule has 0 heterocycles. The van der Waals surface area contributed by atoms with E-state index in [1.165, 1.54) is 6.08 Å². The van der Waals surface area contributed by atoms with E-state index in [-0.39, 0.29) is 58.0 Å². The molecule has 0 aromatic rings. The van der Waals surface area contributed by atoms with Gasteiger partial charge in [0.15, 0.2) is 0 Å². The molecule has 0 radical (unpaired) electrons. The number of carboxylic acids is 1. The van der Waals surface area contributed by atoms with Crippen molar-refractivity contribution in [2.45, 2.75) is 71.0 Å². The summed E-state index contributed by atoms with van der Waals surface area (Å²) < 4.78 is 0. The van der Waals surface area contributed by atoms with Gasteiger partial charge in [-0.2, -0.15) is 0 Å². The van der Waals surface area contributed by atoms with Gasteiger partial charge in [0, 0.05) is 0 Å². The summed E-state index contributed by atoms with van der Waals surface area (Å²) in [6.07, 6.45) is 10.1. The summed E-state index contributed by atoms with van der Waals surface area (Å²) in [7, 11) is 0. The number of rotatable bonds is 10. The molecule has 3 N–H and O–H groups in total. The third kappa shape index (κ3) is 17.1. The van der Waals surface area contributed by atoms with E-state index in [0.29, 0.717) is 12.8 Å². The second-order valence-electron chi connectivity index (χ2n) is 5.17. The molecule has 0 aromatic heterocycles. The number of hydrogen-bond donors (Lipinski definition) is 3. The second kappa shape index (κ2) is 18.8. The molecule has 2 atom stereocenters. The zero-order valence-electron chi connectivity index (χ0n) is 15.0. The Labute approximate surface area is 182 Å². The molecular formula is C17H31KO5. The van der Waals surface area contributed by atoms with Crippen LogP contribution in [-0.4, -0.2) is 39.6 Å². The Morgan fingerprint density at radius 3 is 2.22 bits per heavy atom. The molecule has 5 nitrogen and oxygen atoms in total. The minimum Gasteiger partial charge on any atom is -0.545 e. The fourth-order valence-corrected chi connectivity index (χ4v) is 1.85. The van der Waals surface area contributed by atoms with Crippen molar-refractivity contribution in [3.63, 3.8) is 0 Å². The molecule has 0 aliphatic rings. The van der Waals surface area contributed by atoms with Gasteiger partial charge in [0.2, 0.25) is 0 Å². The van der Waals surface area contributed by atoms with Crippen molar-refractivity contribution in [3.8, 4) is 0 Å². The van der Waals surface area contributed by atoms with Crippen LogP contribution < -0.4 is 56.5 Å². The van der Waals surface area contributed by atoms with Crippen LogP contribution in [-0.2, 0) is 4.79 Å². The van der Waals surface area contributed by atoms with Crippen molar-refractivity contribution in [3.05, 3.63) is 24.3 Å². The van der Waals surface area contributed by atoms with E-state index in [4.69, 9.17) is 5.11 Å². The van der Waals surface area contributed by atoms with Gasteiger partial charge in [-0.25, -0.2) is 0 Å². The van der Waals surface area contributed by atoms with Crippen molar-refractivity contribution in [1.82, 2.24) is 0 Å². The fourth-order valence-electron chi connectivity index (χ4n) is 1.85. The number of hydrogen-bond acceptors (Lipinski definition) is 5. The smallest absolute Gasteiger partial charge is 0.545 e. The summed E-state index contributed by atoms with van der Waals surface area (Å²) in [4.78, 5) is 9.64. The van der Waals surface area contributed by atoms with Crippen molar-refractivity contribution >= 4 is 5.97 Å². The maximum absolute atomic E-state index is 9.98. The number of aliphatic carboxylic acids is 1. The zero-order valence-corrected chi connectivity index (χ0v) is 18.1. The topological polar surface area (TPSA) is 101 Å². The number of carbonyl (C=O) groups excluding carboxylic acids is 1. The Hall–Kier alpha value is 0.466. The number of aliphatic hydroxyl groups excluding tert-OH is 2. The minimum atomic E-state index is -1.16. The molecule has 0 bridgehead atoms. The molecule has 0 saturated carbocycles. The average Bonchev–Trinajstić information content (AvgIpc) is 2.51. The van der Waals surface area contributed by atoms with Crippen LogP contribution in [0.3, 0.4) is 0 Å². The molecular weight excluding hydrogens is 323 g/mol. The molecule has 0 spiro atoms. The maximum atomic E-state index is 9.98. The van der Waals surface area contributed by atoms with Gasteiger partial charge in [0.05, 0.1) is 18.2 Å². The third-order valence-corrected chi connectivity index (χ3v) is 3.40. The average molecular weight is 355 g/mol. The first-order valence-electron chi connectivity index (χ1n) is 7.89. The van der Waals surface area contributed by atoms with Crippen molar-refractivity contribution in [2.24, 2.45) is 0 Å².